The number of aliphatic hydroxyl groups excluding tert-OH is 3. The molecule has 17 atom stereocenters. The lowest BCUT2D eigenvalue weighted by molar-refractivity contribution is -0.247. The van der Waals surface area contributed by atoms with Gasteiger partial charge in [0.2, 0.25) is 0 Å². The van der Waals surface area contributed by atoms with Crippen molar-refractivity contribution in [2.24, 2.45) is 51.8 Å². The number of allylic oxidation sites excluding steroid dienone is 2. The Bertz CT molecular complexity index is 2060. The van der Waals surface area contributed by atoms with Crippen molar-refractivity contribution in [3.8, 4) is 11.5 Å². The van der Waals surface area contributed by atoms with Crippen molar-refractivity contribution < 1.29 is 59.9 Å². The first kappa shape index (κ1) is 46.7. The van der Waals surface area contributed by atoms with Crippen molar-refractivity contribution in [2.75, 3.05) is 46.6 Å². The normalized spacial score (nSPS) is 46.9. The number of aliphatic hydroxyl groups is 6. The number of rotatable bonds is 13. The number of fused-ring (bicyclic) bond motifs is 13. The van der Waals surface area contributed by atoms with Gasteiger partial charge >= 0.3 is 0 Å². The molecular weight excluding hydrogens is 819 g/mol. The number of hydrogen-bond donors (Lipinski definition) is 9. The summed E-state index contributed by atoms with van der Waals surface area (Å²) in [5.74, 6) is -4.02. The molecule has 5 fully saturated rings. The molecule has 1 heterocycles. The molecule has 4 saturated carbocycles. The van der Waals surface area contributed by atoms with Crippen LogP contribution in [0.25, 0.3) is 0 Å². The maximum absolute atomic E-state index is 15.3. The highest BCUT2D eigenvalue weighted by Crippen LogP contribution is 2.76. The van der Waals surface area contributed by atoms with Crippen LogP contribution in [0.2, 0.25) is 0 Å². The third kappa shape index (κ3) is 6.20. The van der Waals surface area contributed by atoms with Gasteiger partial charge in [-0.15, -0.1) is 0 Å². The standard InChI is InChI=1S/C51H75NO12/c1-7-52-25-30-22-45(3)13-11-34(30)51(44(58)28(45)2)49(60,16-17-53)43-39(64-51)23-50(61)36-21-38(57)42-41-33-19-31(55)20-37(56)32(33)10-15-48(41,59)40(63-27-29(26-54)9-8-18-62-6)24-46(42,4)35(36)12-14-47(43,50)5/h19-22,28-29,34-35,39-44,52-56,58-61H,7-18,23-27H2,1-6H3/t28-,29+,34+,35+,39+,40+,41+,42-,43+,44+,45-,46-,47-,48+,49-,50-,51+/m1/s1. The Morgan fingerprint density at radius 1 is 1.00 bits per heavy atom. The Morgan fingerprint density at radius 3 is 2.45 bits per heavy atom. The highest BCUT2D eigenvalue weighted by Gasteiger charge is 2.82. The van der Waals surface area contributed by atoms with E-state index in [4.69, 9.17) is 14.2 Å². The number of phenols is 2. The van der Waals surface area contributed by atoms with Gasteiger partial charge in [-0.05, 0) is 116 Å². The van der Waals surface area contributed by atoms with Crippen molar-refractivity contribution in [1.82, 2.24) is 5.32 Å². The van der Waals surface area contributed by atoms with E-state index >= 15 is 4.79 Å². The van der Waals surface area contributed by atoms with Gasteiger partial charge < -0.3 is 60.4 Å². The van der Waals surface area contributed by atoms with Gasteiger partial charge in [-0.1, -0.05) is 46.3 Å². The van der Waals surface area contributed by atoms with E-state index in [1.54, 1.807) is 19.3 Å². The molecule has 0 aromatic heterocycles. The van der Waals surface area contributed by atoms with Crippen LogP contribution in [0.15, 0.2) is 35.4 Å². The monoisotopic (exact) mass is 894 g/mol. The lowest BCUT2D eigenvalue weighted by Gasteiger charge is -2.65. The number of nitrogens with one attached hydrogen (secondary N) is 1. The minimum atomic E-state index is -1.74. The number of ether oxygens (including phenoxy) is 3. The number of phenolic OH excluding ortho intramolecular Hbond substituents is 2. The van der Waals surface area contributed by atoms with Crippen LogP contribution in [0.4, 0.5) is 0 Å². The predicted octanol–water partition coefficient (Wildman–Crippen LogP) is 4.20. The van der Waals surface area contributed by atoms with Crippen LogP contribution in [0.1, 0.15) is 116 Å². The van der Waals surface area contributed by atoms with Gasteiger partial charge in [0.15, 0.2) is 5.78 Å². The lowest BCUT2D eigenvalue weighted by atomic mass is 9.41. The number of carbonyl (C=O) groups excluding carboxylic acids is 1. The zero-order chi connectivity index (χ0) is 46.0. The Hall–Kier alpha value is -2.43. The molecular formula is C51H75NO12. The van der Waals surface area contributed by atoms with Crippen LogP contribution in [0.5, 0.6) is 11.5 Å². The second-order valence-corrected chi connectivity index (χ2v) is 22.4. The Labute approximate surface area is 378 Å². The van der Waals surface area contributed by atoms with E-state index in [0.29, 0.717) is 62.0 Å². The molecule has 1 aromatic carbocycles. The molecule has 13 nitrogen and oxygen atoms in total. The van der Waals surface area contributed by atoms with Crippen LogP contribution in [-0.4, -0.2) is 134 Å². The molecule has 1 saturated heterocycles. The third-order valence-electron chi connectivity index (χ3n) is 19.6. The maximum Gasteiger partial charge on any atom is 0.160 e. The second-order valence-electron chi connectivity index (χ2n) is 22.4. The molecule has 8 aliphatic carbocycles. The lowest BCUT2D eigenvalue weighted by Crippen LogP contribution is -2.70. The van der Waals surface area contributed by atoms with Crippen molar-refractivity contribution in [2.45, 2.75) is 152 Å². The summed E-state index contributed by atoms with van der Waals surface area (Å²) in [6.07, 6.45) is 6.09. The first-order chi connectivity index (χ1) is 30.3. The smallest absolute Gasteiger partial charge is 0.160 e. The number of methoxy groups -OCH3 is 1. The first-order valence-corrected chi connectivity index (χ1v) is 24.4. The molecule has 0 unspecified atom stereocenters. The number of carbonyl (C=O) groups is 1. The largest absolute Gasteiger partial charge is 0.508 e. The van der Waals surface area contributed by atoms with E-state index < -0.39 is 69.3 Å². The topological polar surface area (TPSA) is 219 Å². The molecule has 9 aliphatic rings. The van der Waals surface area contributed by atoms with Gasteiger partial charge in [-0.2, -0.15) is 0 Å². The fourth-order valence-corrected chi connectivity index (χ4v) is 16.3. The molecule has 2 bridgehead atoms. The molecule has 10 rings (SSSR count). The second kappa shape index (κ2) is 16.1. The summed E-state index contributed by atoms with van der Waals surface area (Å²) in [6, 6.07) is 2.86. The number of hydrogen-bond acceptors (Lipinski definition) is 13. The van der Waals surface area contributed by atoms with Gasteiger partial charge in [0.25, 0.3) is 0 Å². The summed E-state index contributed by atoms with van der Waals surface area (Å²) < 4.78 is 19.4. The highest BCUT2D eigenvalue weighted by molar-refractivity contribution is 5.96. The van der Waals surface area contributed by atoms with E-state index in [9.17, 15) is 40.9 Å². The number of likely N-dealkylation sites (N-methyl/N-ethyl adjacent to an activating group) is 1. The number of ketones is 1. The van der Waals surface area contributed by atoms with E-state index in [1.165, 1.54) is 6.07 Å². The van der Waals surface area contributed by atoms with Crippen LogP contribution in [-0.2, 0) is 25.4 Å². The van der Waals surface area contributed by atoms with Crippen LogP contribution in [0.3, 0.4) is 0 Å². The quantitative estimate of drug-likeness (QED) is 0.100. The summed E-state index contributed by atoms with van der Waals surface area (Å²) >= 11 is 0. The fraction of sp³-hybridized carbons (Fsp3) is 0.784. The molecule has 13 heteroatoms. The Balaban J connectivity index is 1.13. The summed E-state index contributed by atoms with van der Waals surface area (Å²) in [4.78, 5) is 15.3. The van der Waals surface area contributed by atoms with E-state index in [-0.39, 0.29) is 91.9 Å². The van der Waals surface area contributed by atoms with Gasteiger partial charge in [-0.25, -0.2) is 0 Å². The van der Waals surface area contributed by atoms with Crippen molar-refractivity contribution in [3.05, 3.63) is 46.6 Å². The van der Waals surface area contributed by atoms with Crippen molar-refractivity contribution in [1.29, 1.82) is 0 Å². The number of benzene rings is 1. The van der Waals surface area contributed by atoms with Gasteiger partial charge in [0.05, 0.1) is 36.1 Å². The third-order valence-corrected chi connectivity index (χ3v) is 19.6. The zero-order valence-electron chi connectivity index (χ0n) is 38.8. The van der Waals surface area contributed by atoms with E-state index in [1.807, 2.05) is 13.8 Å². The van der Waals surface area contributed by atoms with Crippen LogP contribution in [0, 0.1) is 51.8 Å². The average molecular weight is 894 g/mol. The van der Waals surface area contributed by atoms with E-state index in [2.05, 4.69) is 32.2 Å². The molecule has 1 spiro atoms. The summed E-state index contributed by atoms with van der Waals surface area (Å²) in [5.41, 5.74) is -5.81. The molecule has 0 radical (unpaired) electrons. The van der Waals surface area contributed by atoms with Gasteiger partial charge in [0.1, 0.15) is 22.7 Å². The molecule has 64 heavy (non-hydrogen) atoms. The highest BCUT2D eigenvalue weighted by atomic mass is 16.6. The van der Waals surface area contributed by atoms with E-state index in [0.717, 1.165) is 25.0 Å². The fourth-order valence-electron chi connectivity index (χ4n) is 16.3. The minimum absolute atomic E-state index is 0.0504. The Morgan fingerprint density at radius 2 is 1.75 bits per heavy atom. The van der Waals surface area contributed by atoms with Gasteiger partial charge in [-0.3, -0.25) is 4.79 Å². The number of aromatic hydroxyl groups is 2. The maximum atomic E-state index is 15.3. The summed E-state index contributed by atoms with van der Waals surface area (Å²) in [6.45, 7) is 11.9. The minimum Gasteiger partial charge on any atom is -0.508 e. The van der Waals surface area contributed by atoms with Crippen LogP contribution >= 0.6 is 0 Å². The zero-order valence-corrected chi connectivity index (χ0v) is 38.8. The summed E-state index contributed by atoms with van der Waals surface area (Å²) in [5, 5.41) is 99.9. The molecule has 1 aliphatic heterocycles. The van der Waals surface area contributed by atoms with Crippen molar-refractivity contribution in [3.63, 3.8) is 0 Å². The van der Waals surface area contributed by atoms with Crippen LogP contribution < -0.4 is 5.32 Å². The SMILES string of the molecule is CCNCC1=C[C@@]2(C)CC[C@@H]1[C@]1(O[C@H]3C[C@@]4(O)C5=CC(=O)[C@@H]6[C@@H]7c8cc(O)cc(O)c8CC[C@]7(O)[C@@H](OC[C@H](CO)CCCOC)C[C@]6(C)[C@H]5CC[C@]4(C)[C@H]3[C@]1(O)CCO)[C@@H](O)[C@H]2C. The average Bonchev–Trinajstić information content (AvgIpc) is 3.59. The summed E-state index contributed by atoms with van der Waals surface area (Å²) in [7, 11) is 1.64. The molecule has 0 amide bonds. The first-order valence-electron chi connectivity index (χ1n) is 24.4. The van der Waals surface area contributed by atoms with Gasteiger partial charge in [0, 0.05) is 87.4 Å². The predicted molar refractivity (Wildman–Crippen MR) is 237 cm³/mol. The molecule has 1 aromatic rings. The molecule has 356 valence electrons. The molecule has 9 N–H and O–H groups in total. The Kier molecular flexibility index (Phi) is 11.7. The van der Waals surface area contributed by atoms with Crippen molar-refractivity contribution >= 4 is 5.78 Å².